The smallest absolute Gasteiger partial charge is 0.0115 e. The van der Waals surface area contributed by atoms with Crippen molar-refractivity contribution >= 4 is 0 Å². The second kappa shape index (κ2) is 4.00. The Morgan fingerprint density at radius 3 is 2.00 bits per heavy atom. The van der Waals surface area contributed by atoms with Crippen LogP contribution < -0.4 is 0 Å². The summed E-state index contributed by atoms with van der Waals surface area (Å²) in [4.78, 5) is 2.65. The van der Waals surface area contributed by atoms with Crippen LogP contribution in [0.4, 0.5) is 0 Å². The molecule has 1 heterocycles. The van der Waals surface area contributed by atoms with E-state index in [0.717, 1.165) is 12.0 Å². The Hall–Kier alpha value is -0.0400. The monoisotopic (exact) mass is 183 g/mol. The molecule has 0 radical (unpaired) electrons. The highest BCUT2D eigenvalue weighted by molar-refractivity contribution is 4.82. The van der Waals surface area contributed by atoms with Crippen LogP contribution in [-0.4, -0.2) is 24.0 Å². The summed E-state index contributed by atoms with van der Waals surface area (Å²) in [7, 11) is 0. The first kappa shape index (κ1) is 11.0. The predicted octanol–water partition coefficient (Wildman–Crippen LogP) is 3.15. The third-order valence-corrected chi connectivity index (χ3v) is 3.62. The largest absolute Gasteiger partial charge is 0.300 e. The quantitative estimate of drug-likeness (QED) is 0.603. The first-order valence-corrected chi connectivity index (χ1v) is 5.65. The third-order valence-electron chi connectivity index (χ3n) is 3.62. The van der Waals surface area contributed by atoms with Crippen molar-refractivity contribution in [3.8, 4) is 0 Å². The van der Waals surface area contributed by atoms with Gasteiger partial charge < -0.3 is 4.90 Å². The van der Waals surface area contributed by atoms with Crippen molar-refractivity contribution in [2.24, 2.45) is 11.3 Å². The van der Waals surface area contributed by atoms with Crippen LogP contribution in [0.5, 0.6) is 0 Å². The second-order valence-electron chi connectivity index (χ2n) is 5.76. The summed E-state index contributed by atoms with van der Waals surface area (Å²) in [6, 6.07) is 0.722. The van der Waals surface area contributed by atoms with Gasteiger partial charge in [0.05, 0.1) is 0 Å². The molecule has 1 aliphatic rings. The number of piperidine rings is 1. The lowest BCUT2D eigenvalue weighted by Crippen LogP contribution is -2.45. The van der Waals surface area contributed by atoms with Crippen molar-refractivity contribution in [1.29, 1.82) is 0 Å². The molecule has 1 heteroatoms. The Kier molecular flexibility index (Phi) is 3.39. The molecule has 0 aromatic carbocycles. The van der Waals surface area contributed by atoms with E-state index in [9.17, 15) is 0 Å². The van der Waals surface area contributed by atoms with E-state index in [-0.39, 0.29) is 0 Å². The van der Waals surface area contributed by atoms with Crippen molar-refractivity contribution in [2.45, 2.75) is 53.5 Å². The molecule has 1 aliphatic heterocycles. The molecule has 13 heavy (non-hydrogen) atoms. The summed E-state index contributed by atoms with van der Waals surface area (Å²) in [6.07, 6.45) is 2.78. The Balaban J connectivity index is 2.45. The van der Waals surface area contributed by atoms with Crippen LogP contribution in [0.25, 0.3) is 0 Å². The summed E-state index contributed by atoms with van der Waals surface area (Å²) >= 11 is 0. The minimum absolute atomic E-state index is 0.431. The third kappa shape index (κ3) is 2.98. The van der Waals surface area contributed by atoms with Crippen LogP contribution >= 0.6 is 0 Å². The fourth-order valence-electron chi connectivity index (χ4n) is 1.96. The van der Waals surface area contributed by atoms with Gasteiger partial charge in [0.2, 0.25) is 0 Å². The topological polar surface area (TPSA) is 3.24 Å². The number of rotatable bonds is 1. The molecule has 0 N–H and O–H groups in total. The van der Waals surface area contributed by atoms with Gasteiger partial charge in [-0.3, -0.25) is 0 Å². The summed E-state index contributed by atoms with van der Waals surface area (Å²) in [6.45, 7) is 14.4. The molecule has 0 aromatic heterocycles. The van der Waals surface area contributed by atoms with E-state index in [2.05, 4.69) is 39.5 Å². The number of hydrogen-bond acceptors (Lipinski definition) is 1. The molecule has 0 spiro atoms. The summed E-state index contributed by atoms with van der Waals surface area (Å²) in [5, 5.41) is 0. The van der Waals surface area contributed by atoms with Crippen LogP contribution in [0.1, 0.15) is 47.5 Å². The van der Waals surface area contributed by atoms with Crippen molar-refractivity contribution in [3.63, 3.8) is 0 Å². The molecule has 0 aromatic rings. The van der Waals surface area contributed by atoms with Crippen molar-refractivity contribution in [2.75, 3.05) is 13.1 Å². The van der Waals surface area contributed by atoms with E-state index < -0.39 is 0 Å². The van der Waals surface area contributed by atoms with Gasteiger partial charge in [-0.1, -0.05) is 27.7 Å². The molecule has 1 rings (SSSR count). The molecule has 1 saturated heterocycles. The van der Waals surface area contributed by atoms with Crippen molar-refractivity contribution in [3.05, 3.63) is 0 Å². The summed E-state index contributed by atoms with van der Waals surface area (Å²) in [5.74, 6) is 0.948. The van der Waals surface area contributed by atoms with Crippen LogP contribution in [-0.2, 0) is 0 Å². The molecule has 78 valence electrons. The van der Waals surface area contributed by atoms with Crippen molar-refractivity contribution < 1.29 is 0 Å². The zero-order valence-corrected chi connectivity index (χ0v) is 9.93. The van der Waals surface area contributed by atoms with Gasteiger partial charge in [-0.05, 0) is 44.2 Å². The molecule has 0 saturated carbocycles. The van der Waals surface area contributed by atoms with Gasteiger partial charge in [-0.15, -0.1) is 0 Å². The molecule has 0 aliphatic carbocycles. The van der Waals surface area contributed by atoms with Gasteiger partial charge in [0.25, 0.3) is 0 Å². The fourth-order valence-corrected chi connectivity index (χ4v) is 1.96. The lowest BCUT2D eigenvalue weighted by atomic mass is 9.85. The van der Waals surface area contributed by atoms with Gasteiger partial charge in [-0.2, -0.15) is 0 Å². The van der Waals surface area contributed by atoms with Crippen LogP contribution in [0.2, 0.25) is 0 Å². The summed E-state index contributed by atoms with van der Waals surface area (Å²) in [5.41, 5.74) is 0.431. The number of likely N-dealkylation sites (tertiary alicyclic amines) is 1. The van der Waals surface area contributed by atoms with Gasteiger partial charge in [-0.25, -0.2) is 0 Å². The highest BCUT2D eigenvalue weighted by atomic mass is 15.2. The standard InChI is InChI=1S/C12H25N/c1-10-6-8-13(9-7-10)11(2)12(3,4)5/h10-11H,6-9H2,1-5H3/t11-/m0/s1. The van der Waals surface area contributed by atoms with Crippen LogP contribution in [0.3, 0.4) is 0 Å². The highest BCUT2D eigenvalue weighted by Gasteiger charge is 2.28. The molecule has 0 bridgehead atoms. The minimum atomic E-state index is 0.431. The van der Waals surface area contributed by atoms with E-state index in [0.29, 0.717) is 5.41 Å². The predicted molar refractivity (Wildman–Crippen MR) is 58.9 cm³/mol. The SMILES string of the molecule is CC1CCN([C@@H](C)C(C)(C)C)CC1. The molecular weight excluding hydrogens is 158 g/mol. The lowest BCUT2D eigenvalue weighted by Gasteiger charge is -2.41. The first-order valence-electron chi connectivity index (χ1n) is 5.65. The maximum atomic E-state index is 2.65. The maximum Gasteiger partial charge on any atom is 0.0115 e. The van der Waals surface area contributed by atoms with Crippen LogP contribution in [0, 0.1) is 11.3 Å². The Morgan fingerprint density at radius 1 is 1.15 bits per heavy atom. The Bertz CT molecular complexity index is 149. The van der Waals surface area contributed by atoms with Crippen molar-refractivity contribution in [1.82, 2.24) is 4.90 Å². The minimum Gasteiger partial charge on any atom is -0.300 e. The van der Waals surface area contributed by atoms with E-state index in [1.165, 1.54) is 25.9 Å². The van der Waals surface area contributed by atoms with Crippen LogP contribution in [0.15, 0.2) is 0 Å². The number of nitrogens with zero attached hydrogens (tertiary/aromatic N) is 1. The lowest BCUT2D eigenvalue weighted by molar-refractivity contribution is 0.0783. The van der Waals surface area contributed by atoms with Gasteiger partial charge in [0.15, 0.2) is 0 Å². The van der Waals surface area contributed by atoms with Gasteiger partial charge >= 0.3 is 0 Å². The molecular formula is C12H25N. The molecule has 1 atom stereocenters. The second-order valence-corrected chi connectivity index (χ2v) is 5.76. The van der Waals surface area contributed by atoms with E-state index in [1.54, 1.807) is 0 Å². The van der Waals surface area contributed by atoms with Gasteiger partial charge in [0.1, 0.15) is 0 Å². The normalized spacial score (nSPS) is 24.7. The first-order chi connectivity index (χ1) is 5.91. The average molecular weight is 183 g/mol. The average Bonchev–Trinajstić information content (AvgIpc) is 2.03. The highest BCUT2D eigenvalue weighted by Crippen LogP contribution is 2.27. The number of hydrogen-bond donors (Lipinski definition) is 0. The van der Waals surface area contributed by atoms with E-state index >= 15 is 0 Å². The summed E-state index contributed by atoms with van der Waals surface area (Å²) < 4.78 is 0. The molecule has 1 nitrogen and oxygen atoms in total. The van der Waals surface area contributed by atoms with Gasteiger partial charge in [0, 0.05) is 6.04 Å². The zero-order valence-electron chi connectivity index (χ0n) is 9.93. The fraction of sp³-hybridized carbons (Fsp3) is 1.00. The Morgan fingerprint density at radius 2 is 1.62 bits per heavy atom. The zero-order chi connectivity index (χ0) is 10.1. The molecule has 1 fully saturated rings. The van der Waals surface area contributed by atoms with E-state index in [1.807, 2.05) is 0 Å². The Labute approximate surface area is 83.5 Å². The van der Waals surface area contributed by atoms with E-state index in [4.69, 9.17) is 0 Å². The molecule has 0 unspecified atom stereocenters. The molecule has 0 amide bonds. The maximum absolute atomic E-state index is 2.65.